The van der Waals surface area contributed by atoms with Crippen LogP contribution in [0.1, 0.15) is 37.8 Å². The molecule has 2 aromatic rings. The second-order valence-electron chi connectivity index (χ2n) is 4.99. The Morgan fingerprint density at radius 3 is 2.29 bits per heavy atom. The van der Waals surface area contributed by atoms with Gasteiger partial charge in [0.25, 0.3) is 0 Å². The average Bonchev–Trinajstić information content (AvgIpc) is 2.46. The molecule has 2 nitrogen and oxygen atoms in total. The number of anilines is 2. The molecule has 0 radical (unpaired) electrons. The van der Waals surface area contributed by atoms with Crippen molar-refractivity contribution in [3.05, 3.63) is 59.7 Å². The highest BCUT2D eigenvalue weighted by Gasteiger charge is 1.96. The Hall–Kier alpha value is -1.87. The van der Waals surface area contributed by atoms with Crippen molar-refractivity contribution >= 4 is 28.5 Å². The summed E-state index contributed by atoms with van der Waals surface area (Å²) in [6.07, 6.45) is 3.65. The number of unbranched alkanes of at least 4 members (excludes halogenated alkanes) is 1. The fraction of sp³-hybridized carbons (Fsp3) is 0.278. The summed E-state index contributed by atoms with van der Waals surface area (Å²) in [6, 6.07) is 15.7. The van der Waals surface area contributed by atoms with E-state index >= 15 is 0 Å². The van der Waals surface area contributed by atoms with Crippen molar-refractivity contribution in [1.82, 2.24) is 0 Å². The number of thiocarbonyl (C=S) groups is 1. The number of rotatable bonds is 4. The molecule has 0 fully saturated rings. The molecule has 0 atom stereocenters. The minimum atomic E-state index is 0.759. The third kappa shape index (κ3) is 6.41. The van der Waals surface area contributed by atoms with Crippen LogP contribution in [-0.4, -0.2) is 4.86 Å². The molecule has 0 bridgehead atoms. The van der Waals surface area contributed by atoms with E-state index in [-0.39, 0.29) is 0 Å². The van der Waals surface area contributed by atoms with Gasteiger partial charge in [-0.05, 0) is 43.5 Å². The molecule has 2 rings (SSSR count). The smallest absolute Gasteiger partial charge is 0.0398 e. The van der Waals surface area contributed by atoms with E-state index in [9.17, 15) is 0 Å². The molecule has 0 saturated carbocycles. The summed E-state index contributed by atoms with van der Waals surface area (Å²) >= 11 is 4.97. The monoisotopic (exact) mass is 300 g/mol. The first kappa shape index (κ1) is 17.2. The van der Waals surface area contributed by atoms with Gasteiger partial charge in [0.15, 0.2) is 0 Å². The van der Waals surface area contributed by atoms with Crippen LogP contribution in [-0.2, 0) is 6.42 Å². The molecule has 0 unspecified atom stereocenters. The second-order valence-corrected chi connectivity index (χ2v) is 5.60. The number of nitrogens with two attached hydrogens (primary N) is 2. The minimum absolute atomic E-state index is 0.759. The molecule has 112 valence electrons. The van der Waals surface area contributed by atoms with Gasteiger partial charge in [0.05, 0.1) is 0 Å². The van der Waals surface area contributed by atoms with Crippen molar-refractivity contribution in [1.29, 1.82) is 0 Å². The van der Waals surface area contributed by atoms with Crippen molar-refractivity contribution in [2.24, 2.45) is 0 Å². The van der Waals surface area contributed by atoms with E-state index in [1.807, 2.05) is 43.3 Å². The first-order chi connectivity index (χ1) is 10.0. The summed E-state index contributed by atoms with van der Waals surface area (Å²) in [7, 11) is 0. The largest absolute Gasteiger partial charge is 0.399 e. The lowest BCUT2D eigenvalue weighted by Crippen LogP contribution is -1.96. The van der Waals surface area contributed by atoms with Gasteiger partial charge in [0, 0.05) is 21.8 Å². The van der Waals surface area contributed by atoms with Gasteiger partial charge >= 0.3 is 0 Å². The number of hydrogen-bond acceptors (Lipinski definition) is 3. The SMILES string of the molecule is CC(=S)c1ccccc1N.CCCCc1cccc(N)c1. The van der Waals surface area contributed by atoms with Crippen LogP contribution in [0.5, 0.6) is 0 Å². The number of aryl methyl sites for hydroxylation is 1. The zero-order chi connectivity index (χ0) is 15.7. The van der Waals surface area contributed by atoms with Gasteiger partial charge in [-0.3, -0.25) is 0 Å². The number of benzene rings is 2. The Bertz CT molecular complexity index is 579. The maximum Gasteiger partial charge on any atom is 0.0398 e. The highest BCUT2D eigenvalue weighted by molar-refractivity contribution is 7.80. The molecule has 0 saturated heterocycles. The van der Waals surface area contributed by atoms with E-state index in [0.717, 1.165) is 28.2 Å². The molecule has 0 aliphatic heterocycles. The number of nitrogen functional groups attached to an aromatic ring is 2. The standard InChI is InChI=1S/C10H15N.C8H9NS/c1-2-3-5-9-6-4-7-10(11)8-9;1-6(10)7-4-2-3-5-8(7)9/h4,6-8H,2-3,5,11H2,1H3;2-5H,9H2,1H3. The lowest BCUT2D eigenvalue weighted by molar-refractivity contribution is 0.795. The van der Waals surface area contributed by atoms with Crippen LogP contribution in [0.15, 0.2) is 48.5 Å². The summed E-state index contributed by atoms with van der Waals surface area (Å²) in [4.78, 5) is 0.845. The highest BCUT2D eigenvalue weighted by Crippen LogP contribution is 2.11. The summed E-state index contributed by atoms with van der Waals surface area (Å²) in [5.74, 6) is 0. The highest BCUT2D eigenvalue weighted by atomic mass is 32.1. The second kappa shape index (κ2) is 9.14. The van der Waals surface area contributed by atoms with Crippen LogP contribution in [0.2, 0.25) is 0 Å². The first-order valence-corrected chi connectivity index (χ1v) is 7.65. The average molecular weight is 300 g/mol. The minimum Gasteiger partial charge on any atom is -0.399 e. The number of hydrogen-bond donors (Lipinski definition) is 2. The summed E-state index contributed by atoms with van der Waals surface area (Å²) in [5.41, 5.74) is 15.2. The van der Waals surface area contributed by atoms with Crippen molar-refractivity contribution in [3.8, 4) is 0 Å². The van der Waals surface area contributed by atoms with Crippen LogP contribution in [0.25, 0.3) is 0 Å². The topological polar surface area (TPSA) is 52.0 Å². The molecule has 21 heavy (non-hydrogen) atoms. The molecule has 2 aromatic carbocycles. The fourth-order valence-corrected chi connectivity index (χ4v) is 2.13. The Balaban J connectivity index is 0.000000211. The molecule has 0 aliphatic rings. The van der Waals surface area contributed by atoms with Crippen LogP contribution in [0.4, 0.5) is 11.4 Å². The van der Waals surface area contributed by atoms with E-state index in [0.29, 0.717) is 0 Å². The molecule has 0 aromatic heterocycles. The quantitative estimate of drug-likeness (QED) is 0.492. The molecule has 4 N–H and O–H groups in total. The zero-order valence-corrected chi connectivity index (χ0v) is 13.6. The van der Waals surface area contributed by atoms with E-state index < -0.39 is 0 Å². The van der Waals surface area contributed by atoms with Gasteiger partial charge in [-0.1, -0.05) is 55.9 Å². The van der Waals surface area contributed by atoms with E-state index in [4.69, 9.17) is 23.7 Å². The fourth-order valence-electron chi connectivity index (χ4n) is 1.95. The molecule has 3 heteroatoms. The Labute approximate surface area is 133 Å². The van der Waals surface area contributed by atoms with Crippen molar-refractivity contribution in [2.45, 2.75) is 33.1 Å². The lowest BCUT2D eigenvalue weighted by Gasteiger charge is -2.00. The third-order valence-electron chi connectivity index (χ3n) is 3.11. The third-order valence-corrected chi connectivity index (χ3v) is 3.33. The molecule has 0 heterocycles. The van der Waals surface area contributed by atoms with Crippen molar-refractivity contribution < 1.29 is 0 Å². The van der Waals surface area contributed by atoms with Gasteiger partial charge in [-0.25, -0.2) is 0 Å². The predicted octanol–water partition coefficient (Wildman–Crippen LogP) is 4.62. The number of para-hydroxylation sites is 1. The summed E-state index contributed by atoms with van der Waals surface area (Å²) in [6.45, 7) is 4.08. The zero-order valence-electron chi connectivity index (χ0n) is 12.8. The summed E-state index contributed by atoms with van der Waals surface area (Å²) < 4.78 is 0. The molecule has 0 amide bonds. The Morgan fingerprint density at radius 2 is 1.76 bits per heavy atom. The Morgan fingerprint density at radius 1 is 1.05 bits per heavy atom. The van der Waals surface area contributed by atoms with Gasteiger partial charge in [-0.15, -0.1) is 0 Å². The maximum absolute atomic E-state index is 5.63. The van der Waals surface area contributed by atoms with E-state index in [1.165, 1.54) is 18.4 Å². The van der Waals surface area contributed by atoms with Gasteiger partial charge in [0.1, 0.15) is 0 Å². The lowest BCUT2D eigenvalue weighted by atomic mass is 10.1. The van der Waals surface area contributed by atoms with Gasteiger partial charge < -0.3 is 11.5 Å². The van der Waals surface area contributed by atoms with Gasteiger partial charge in [0.2, 0.25) is 0 Å². The van der Waals surface area contributed by atoms with Crippen LogP contribution < -0.4 is 11.5 Å². The van der Waals surface area contributed by atoms with E-state index in [1.54, 1.807) is 0 Å². The normalized spacial score (nSPS) is 9.62. The molecular weight excluding hydrogens is 276 g/mol. The predicted molar refractivity (Wildman–Crippen MR) is 97.7 cm³/mol. The Kier molecular flexibility index (Phi) is 7.48. The van der Waals surface area contributed by atoms with E-state index in [2.05, 4.69) is 19.1 Å². The van der Waals surface area contributed by atoms with Crippen LogP contribution in [0.3, 0.4) is 0 Å². The van der Waals surface area contributed by atoms with Crippen molar-refractivity contribution in [3.63, 3.8) is 0 Å². The van der Waals surface area contributed by atoms with Crippen LogP contribution in [0, 0.1) is 0 Å². The maximum atomic E-state index is 5.63. The first-order valence-electron chi connectivity index (χ1n) is 7.24. The molecular formula is C18H24N2S. The molecule has 0 spiro atoms. The van der Waals surface area contributed by atoms with Gasteiger partial charge in [-0.2, -0.15) is 0 Å². The molecule has 0 aliphatic carbocycles. The summed E-state index contributed by atoms with van der Waals surface area (Å²) in [5, 5.41) is 0. The van der Waals surface area contributed by atoms with Crippen LogP contribution >= 0.6 is 12.2 Å². The van der Waals surface area contributed by atoms with Crippen molar-refractivity contribution in [2.75, 3.05) is 11.5 Å².